The van der Waals surface area contributed by atoms with Crippen LogP contribution in [0.3, 0.4) is 0 Å². The van der Waals surface area contributed by atoms with Crippen LogP contribution in [0, 0.1) is 0 Å². The van der Waals surface area contributed by atoms with Gasteiger partial charge in [0, 0.05) is 20.7 Å². The van der Waals surface area contributed by atoms with Crippen LogP contribution in [-0.2, 0) is 9.05 Å². The molecule has 0 radical (unpaired) electrons. The molecule has 84 valence electrons. The van der Waals surface area contributed by atoms with Crippen molar-refractivity contribution >= 4 is 35.7 Å². The van der Waals surface area contributed by atoms with E-state index in [1.165, 1.54) is 6.20 Å². The first-order valence-corrected chi connectivity index (χ1v) is 7.33. The van der Waals surface area contributed by atoms with Crippen LogP contribution in [0.25, 0.3) is 11.3 Å². The number of benzene rings is 1. The van der Waals surface area contributed by atoms with E-state index in [1.54, 1.807) is 18.2 Å². The summed E-state index contributed by atoms with van der Waals surface area (Å²) in [6.45, 7) is 0. The van der Waals surface area contributed by atoms with Gasteiger partial charge in [0.05, 0.1) is 11.9 Å². The lowest BCUT2D eigenvalue weighted by atomic mass is 10.2. The Morgan fingerprint density at radius 1 is 1.31 bits per heavy atom. The maximum Gasteiger partial charge on any atom is 0.265 e. The van der Waals surface area contributed by atoms with Gasteiger partial charge >= 0.3 is 0 Å². The molecule has 1 heterocycles. The molecule has 1 N–H and O–H groups in total. The Labute approximate surface area is 105 Å². The van der Waals surface area contributed by atoms with Crippen LogP contribution < -0.4 is 0 Å². The third kappa shape index (κ3) is 2.14. The van der Waals surface area contributed by atoms with Crippen LogP contribution in [0.15, 0.2) is 39.8 Å². The molecule has 0 spiro atoms. The summed E-state index contributed by atoms with van der Waals surface area (Å²) in [5.74, 6) is 0. The van der Waals surface area contributed by atoms with Gasteiger partial charge in [-0.2, -0.15) is 5.10 Å². The lowest BCUT2D eigenvalue weighted by molar-refractivity contribution is 0.610. The van der Waals surface area contributed by atoms with Crippen molar-refractivity contribution in [1.29, 1.82) is 0 Å². The number of nitrogens with zero attached hydrogens (tertiary/aromatic N) is 1. The molecule has 0 aliphatic carbocycles. The third-order valence-electron chi connectivity index (χ3n) is 2.01. The SMILES string of the molecule is O=S(=O)(Cl)c1cn[nH]c1-c1ccccc1Br. The van der Waals surface area contributed by atoms with E-state index in [4.69, 9.17) is 10.7 Å². The van der Waals surface area contributed by atoms with Crippen molar-refractivity contribution in [3.05, 3.63) is 34.9 Å². The van der Waals surface area contributed by atoms with Gasteiger partial charge in [-0.1, -0.05) is 34.1 Å². The summed E-state index contributed by atoms with van der Waals surface area (Å²) in [5, 5.41) is 6.32. The number of aromatic nitrogens is 2. The van der Waals surface area contributed by atoms with Gasteiger partial charge in [0.1, 0.15) is 4.90 Å². The number of nitrogens with one attached hydrogen (secondary N) is 1. The second kappa shape index (κ2) is 4.20. The number of hydrogen-bond acceptors (Lipinski definition) is 3. The minimum Gasteiger partial charge on any atom is -0.276 e. The summed E-state index contributed by atoms with van der Waals surface area (Å²) in [7, 11) is 1.51. The lowest BCUT2D eigenvalue weighted by Crippen LogP contribution is -1.92. The van der Waals surface area contributed by atoms with Gasteiger partial charge in [-0.15, -0.1) is 0 Å². The normalized spacial score (nSPS) is 11.6. The van der Waals surface area contributed by atoms with Crippen LogP contribution in [0.1, 0.15) is 0 Å². The van der Waals surface area contributed by atoms with E-state index in [9.17, 15) is 8.42 Å². The van der Waals surface area contributed by atoms with E-state index >= 15 is 0 Å². The quantitative estimate of drug-likeness (QED) is 0.865. The van der Waals surface area contributed by atoms with Crippen molar-refractivity contribution in [2.45, 2.75) is 4.90 Å². The zero-order valence-electron chi connectivity index (χ0n) is 7.81. The fraction of sp³-hybridized carbons (Fsp3) is 0. The molecular weight excluding hydrogens is 316 g/mol. The van der Waals surface area contributed by atoms with Crippen LogP contribution in [-0.4, -0.2) is 18.6 Å². The average molecular weight is 322 g/mol. The van der Waals surface area contributed by atoms with E-state index in [0.717, 1.165) is 4.47 Å². The predicted octanol–water partition coefficient (Wildman–Crippen LogP) is 2.77. The maximum atomic E-state index is 11.3. The number of hydrogen-bond donors (Lipinski definition) is 1. The highest BCUT2D eigenvalue weighted by atomic mass is 79.9. The highest BCUT2D eigenvalue weighted by Gasteiger charge is 2.20. The van der Waals surface area contributed by atoms with Gasteiger partial charge in [0.25, 0.3) is 9.05 Å². The topological polar surface area (TPSA) is 62.8 Å². The second-order valence-electron chi connectivity index (χ2n) is 3.03. The molecule has 16 heavy (non-hydrogen) atoms. The van der Waals surface area contributed by atoms with Crippen molar-refractivity contribution in [2.75, 3.05) is 0 Å². The van der Waals surface area contributed by atoms with E-state index in [-0.39, 0.29) is 4.90 Å². The standard InChI is InChI=1S/C9H6BrClN2O2S/c10-7-4-2-1-3-6(7)9-8(5-12-13-9)16(11,14)15/h1-5H,(H,12,13). The fourth-order valence-corrected chi connectivity index (χ4v) is 2.73. The van der Waals surface area contributed by atoms with Gasteiger partial charge in [-0.3, -0.25) is 5.10 Å². The van der Waals surface area contributed by atoms with Gasteiger partial charge in [-0.25, -0.2) is 8.42 Å². The Balaban J connectivity index is 2.68. The smallest absolute Gasteiger partial charge is 0.265 e. The van der Waals surface area contributed by atoms with Crippen LogP contribution in [0.4, 0.5) is 0 Å². The van der Waals surface area contributed by atoms with E-state index in [2.05, 4.69) is 26.1 Å². The van der Waals surface area contributed by atoms with E-state index < -0.39 is 9.05 Å². The molecule has 2 rings (SSSR count). The molecule has 0 unspecified atom stereocenters. The van der Waals surface area contributed by atoms with Crippen molar-refractivity contribution in [3.63, 3.8) is 0 Å². The number of aromatic amines is 1. The highest BCUT2D eigenvalue weighted by molar-refractivity contribution is 9.10. The molecule has 7 heteroatoms. The summed E-state index contributed by atoms with van der Waals surface area (Å²) in [5.41, 5.74) is 1.07. The van der Waals surface area contributed by atoms with Crippen LogP contribution in [0.2, 0.25) is 0 Å². The Morgan fingerprint density at radius 2 is 2.00 bits per heavy atom. The molecule has 1 aromatic carbocycles. The fourth-order valence-electron chi connectivity index (χ4n) is 1.32. The zero-order chi connectivity index (χ0) is 11.8. The summed E-state index contributed by atoms with van der Waals surface area (Å²) >= 11 is 3.33. The molecular formula is C9H6BrClN2O2S. The predicted molar refractivity (Wildman–Crippen MR) is 64.8 cm³/mol. The van der Waals surface area contributed by atoms with Crippen molar-refractivity contribution < 1.29 is 8.42 Å². The van der Waals surface area contributed by atoms with Gasteiger partial charge in [-0.05, 0) is 6.07 Å². The number of H-pyrrole nitrogens is 1. The lowest BCUT2D eigenvalue weighted by Gasteiger charge is -2.02. The monoisotopic (exact) mass is 320 g/mol. The number of halogens is 2. The zero-order valence-corrected chi connectivity index (χ0v) is 11.0. The van der Waals surface area contributed by atoms with Crippen LogP contribution in [0.5, 0.6) is 0 Å². The largest absolute Gasteiger partial charge is 0.276 e. The first-order chi connectivity index (χ1) is 7.50. The van der Waals surface area contributed by atoms with Gasteiger partial charge < -0.3 is 0 Å². The van der Waals surface area contributed by atoms with Gasteiger partial charge in [0.2, 0.25) is 0 Å². The van der Waals surface area contributed by atoms with Crippen LogP contribution >= 0.6 is 26.6 Å². The minimum absolute atomic E-state index is 0.0268. The molecule has 0 fully saturated rings. The summed E-state index contributed by atoms with van der Waals surface area (Å²) in [6, 6.07) is 7.20. The second-order valence-corrected chi connectivity index (χ2v) is 6.42. The molecule has 4 nitrogen and oxygen atoms in total. The molecule has 0 aliphatic heterocycles. The van der Waals surface area contributed by atoms with Crippen molar-refractivity contribution in [2.24, 2.45) is 0 Å². The maximum absolute atomic E-state index is 11.3. The van der Waals surface area contributed by atoms with Gasteiger partial charge in [0.15, 0.2) is 0 Å². The van der Waals surface area contributed by atoms with E-state index in [0.29, 0.717) is 11.3 Å². The first kappa shape index (κ1) is 11.6. The molecule has 0 atom stereocenters. The Hall–Kier alpha value is -0.850. The van der Waals surface area contributed by atoms with Crippen molar-refractivity contribution in [1.82, 2.24) is 10.2 Å². The Bertz CT molecular complexity index is 624. The molecule has 0 saturated carbocycles. The third-order valence-corrected chi connectivity index (χ3v) is 4.04. The molecule has 0 bridgehead atoms. The first-order valence-electron chi connectivity index (χ1n) is 4.23. The average Bonchev–Trinajstić information content (AvgIpc) is 2.66. The molecule has 1 aromatic heterocycles. The molecule has 0 amide bonds. The molecule has 0 aliphatic rings. The Morgan fingerprint density at radius 3 is 2.62 bits per heavy atom. The molecule has 2 aromatic rings. The summed E-state index contributed by atoms with van der Waals surface area (Å²) < 4.78 is 23.3. The summed E-state index contributed by atoms with van der Waals surface area (Å²) in [6.07, 6.45) is 1.19. The summed E-state index contributed by atoms with van der Waals surface area (Å²) in [4.78, 5) is -0.0268. The highest BCUT2D eigenvalue weighted by Crippen LogP contribution is 2.32. The molecule has 0 saturated heterocycles. The minimum atomic E-state index is -3.80. The van der Waals surface area contributed by atoms with E-state index in [1.807, 2.05) is 6.07 Å². The number of rotatable bonds is 2. The van der Waals surface area contributed by atoms with Crippen molar-refractivity contribution in [3.8, 4) is 11.3 Å². The Kier molecular flexibility index (Phi) is 3.05.